The number of carbonyl (C=O) groups excluding carboxylic acids is 4. The van der Waals surface area contributed by atoms with E-state index >= 15 is 0 Å². The van der Waals surface area contributed by atoms with E-state index in [-0.39, 0.29) is 36.7 Å². The van der Waals surface area contributed by atoms with Gasteiger partial charge in [-0.15, -0.1) is 0 Å². The van der Waals surface area contributed by atoms with E-state index in [1.54, 1.807) is 41.4 Å². The summed E-state index contributed by atoms with van der Waals surface area (Å²) in [4.78, 5) is 61.6. The van der Waals surface area contributed by atoms with E-state index in [9.17, 15) is 19.2 Å². The van der Waals surface area contributed by atoms with Gasteiger partial charge in [0, 0.05) is 45.2 Å². The highest BCUT2D eigenvalue weighted by Gasteiger charge is 2.50. The topological polar surface area (TPSA) is 126 Å². The molecule has 4 amide bonds. The molecule has 0 bridgehead atoms. The summed E-state index contributed by atoms with van der Waals surface area (Å²) >= 11 is 0. The quantitative estimate of drug-likeness (QED) is 0.401. The average molecular weight is 687 g/mol. The maximum Gasteiger partial charge on any atom is 0.410 e. The molecule has 3 aliphatic heterocycles. The molecule has 12 nitrogen and oxygen atoms in total. The molecular formula is C38H50N6O6. The van der Waals surface area contributed by atoms with Crippen LogP contribution in [-0.4, -0.2) is 105 Å². The molecule has 50 heavy (non-hydrogen) atoms. The SMILES string of the molecule is Cc1ccc(C[C@@H]2C[C@@H](C(=O)NCc3ccc4c(cnn4C)c3)N(C(=O)[C@H]3[C@@H](C(=O)N4CCOCC4)CCCN3C(=O)OC(C)(C)C)C2)cc1. The molecule has 0 unspecified atom stereocenters. The van der Waals surface area contributed by atoms with Gasteiger partial charge in [0.15, 0.2) is 0 Å². The van der Waals surface area contributed by atoms with Crippen molar-refractivity contribution in [3.8, 4) is 0 Å². The summed E-state index contributed by atoms with van der Waals surface area (Å²) in [5.74, 6) is -1.55. The molecule has 0 saturated carbocycles. The van der Waals surface area contributed by atoms with Gasteiger partial charge in [-0.2, -0.15) is 5.10 Å². The standard InChI is InChI=1S/C38H50N6O6/c1-25-8-10-26(11-9-25)19-28-21-32(34(45)39-22-27-12-13-31-29(20-27)23-40-41(31)5)44(24-28)36(47)33-30(35(46)42-15-17-49-18-16-42)7-6-14-43(33)37(48)50-38(2,3)4/h8-13,20,23,28,30,32-33H,6-7,14-19,21-22,24H2,1-5H3,(H,39,45)/t28-,30+,32+,33-/m1/s1. The summed E-state index contributed by atoms with van der Waals surface area (Å²) in [6.45, 7) is 10.0. The van der Waals surface area contributed by atoms with Crippen molar-refractivity contribution < 1.29 is 28.7 Å². The smallest absolute Gasteiger partial charge is 0.410 e. The van der Waals surface area contributed by atoms with E-state index < -0.39 is 29.7 Å². The molecule has 0 aliphatic carbocycles. The second-order valence-corrected chi connectivity index (χ2v) is 15.0. The number of carbonyl (C=O) groups is 4. The number of morpholine rings is 1. The molecule has 0 spiro atoms. The summed E-state index contributed by atoms with van der Waals surface area (Å²) < 4.78 is 13.1. The van der Waals surface area contributed by atoms with Crippen LogP contribution in [0.5, 0.6) is 0 Å². The van der Waals surface area contributed by atoms with Crippen LogP contribution in [0.3, 0.4) is 0 Å². The number of benzene rings is 2. The first-order valence-electron chi connectivity index (χ1n) is 17.8. The Balaban J connectivity index is 1.28. The Hall–Kier alpha value is -4.45. The molecule has 4 heterocycles. The minimum absolute atomic E-state index is 0.0103. The molecular weight excluding hydrogens is 636 g/mol. The van der Waals surface area contributed by atoms with Gasteiger partial charge in [0.2, 0.25) is 17.7 Å². The summed E-state index contributed by atoms with van der Waals surface area (Å²) in [5, 5.41) is 8.38. The fourth-order valence-electron chi connectivity index (χ4n) is 7.52. The van der Waals surface area contributed by atoms with Gasteiger partial charge in [-0.25, -0.2) is 4.79 Å². The van der Waals surface area contributed by atoms with Gasteiger partial charge in [-0.3, -0.25) is 24.0 Å². The highest BCUT2D eigenvalue weighted by atomic mass is 16.6. The predicted molar refractivity (Wildman–Crippen MR) is 188 cm³/mol. The van der Waals surface area contributed by atoms with Crippen LogP contribution in [0.2, 0.25) is 0 Å². The Morgan fingerprint density at radius 3 is 2.40 bits per heavy atom. The van der Waals surface area contributed by atoms with Gasteiger partial charge >= 0.3 is 6.09 Å². The summed E-state index contributed by atoms with van der Waals surface area (Å²) in [7, 11) is 1.89. The number of hydrogen-bond acceptors (Lipinski definition) is 7. The lowest BCUT2D eigenvalue weighted by Crippen LogP contribution is -2.62. The predicted octanol–water partition coefficient (Wildman–Crippen LogP) is 3.83. The van der Waals surface area contributed by atoms with E-state index in [0.717, 1.165) is 27.6 Å². The van der Waals surface area contributed by atoms with Crippen LogP contribution < -0.4 is 5.32 Å². The second-order valence-electron chi connectivity index (χ2n) is 15.0. The minimum atomic E-state index is -1.09. The number of aromatic nitrogens is 2. The molecule has 1 aromatic heterocycles. The number of nitrogens with one attached hydrogen (secondary N) is 1. The van der Waals surface area contributed by atoms with E-state index in [2.05, 4.69) is 34.7 Å². The summed E-state index contributed by atoms with van der Waals surface area (Å²) in [5.41, 5.74) is 3.42. The Morgan fingerprint density at radius 2 is 1.68 bits per heavy atom. The third-order valence-electron chi connectivity index (χ3n) is 10.0. The number of aryl methyl sites for hydroxylation is 2. The van der Waals surface area contributed by atoms with Crippen molar-refractivity contribution in [3.63, 3.8) is 0 Å². The van der Waals surface area contributed by atoms with Crippen LogP contribution in [0.15, 0.2) is 48.7 Å². The van der Waals surface area contributed by atoms with Crippen LogP contribution >= 0.6 is 0 Å². The van der Waals surface area contributed by atoms with Crippen molar-refractivity contribution in [2.24, 2.45) is 18.9 Å². The largest absolute Gasteiger partial charge is 0.444 e. The van der Waals surface area contributed by atoms with Gasteiger partial charge in [-0.1, -0.05) is 35.9 Å². The number of hydrogen-bond donors (Lipinski definition) is 1. The number of piperidine rings is 1. The van der Waals surface area contributed by atoms with Crippen molar-refractivity contribution in [3.05, 3.63) is 65.4 Å². The highest BCUT2D eigenvalue weighted by molar-refractivity contribution is 5.96. The molecule has 268 valence electrons. The van der Waals surface area contributed by atoms with E-state index in [0.29, 0.717) is 58.5 Å². The van der Waals surface area contributed by atoms with E-state index in [4.69, 9.17) is 9.47 Å². The summed E-state index contributed by atoms with van der Waals surface area (Å²) in [6.07, 6.45) is 3.35. The lowest BCUT2D eigenvalue weighted by molar-refractivity contribution is -0.153. The molecule has 3 aliphatic rings. The maximum absolute atomic E-state index is 15.0. The minimum Gasteiger partial charge on any atom is -0.444 e. The molecule has 3 aromatic rings. The van der Waals surface area contributed by atoms with Crippen LogP contribution in [-0.2, 0) is 43.9 Å². The van der Waals surface area contributed by atoms with E-state index in [1.165, 1.54) is 4.90 Å². The first kappa shape index (κ1) is 35.4. The van der Waals surface area contributed by atoms with Crippen molar-refractivity contribution >= 4 is 34.7 Å². The van der Waals surface area contributed by atoms with Crippen LogP contribution in [0.4, 0.5) is 4.79 Å². The Kier molecular flexibility index (Phi) is 10.5. The monoisotopic (exact) mass is 686 g/mol. The third kappa shape index (κ3) is 7.96. The number of rotatable bonds is 7. The Morgan fingerprint density at radius 1 is 0.960 bits per heavy atom. The molecule has 2 aromatic carbocycles. The van der Waals surface area contributed by atoms with Gasteiger partial charge < -0.3 is 24.6 Å². The zero-order valence-electron chi connectivity index (χ0n) is 29.9. The molecule has 1 N–H and O–H groups in total. The van der Waals surface area contributed by atoms with Crippen molar-refractivity contribution in [1.82, 2.24) is 29.8 Å². The first-order valence-corrected chi connectivity index (χ1v) is 17.8. The van der Waals surface area contributed by atoms with Crippen molar-refractivity contribution in [1.29, 1.82) is 0 Å². The molecule has 4 atom stereocenters. The van der Waals surface area contributed by atoms with Gasteiger partial charge in [0.05, 0.1) is 30.8 Å². The molecule has 3 fully saturated rings. The highest BCUT2D eigenvalue weighted by Crippen LogP contribution is 2.34. The zero-order valence-corrected chi connectivity index (χ0v) is 29.9. The molecule has 12 heteroatoms. The zero-order chi connectivity index (χ0) is 35.6. The number of amides is 4. The van der Waals surface area contributed by atoms with Crippen molar-refractivity contribution in [2.75, 3.05) is 39.4 Å². The number of ether oxygens (including phenoxy) is 2. The third-order valence-corrected chi connectivity index (χ3v) is 10.0. The van der Waals surface area contributed by atoms with Crippen LogP contribution in [0, 0.1) is 18.8 Å². The van der Waals surface area contributed by atoms with Crippen LogP contribution in [0.1, 0.15) is 56.7 Å². The van der Waals surface area contributed by atoms with Gasteiger partial charge in [-0.05, 0) is 82.6 Å². The first-order chi connectivity index (χ1) is 23.9. The fourth-order valence-corrected chi connectivity index (χ4v) is 7.52. The summed E-state index contributed by atoms with van der Waals surface area (Å²) in [6, 6.07) is 12.4. The molecule has 0 radical (unpaired) electrons. The van der Waals surface area contributed by atoms with Crippen molar-refractivity contribution in [2.45, 2.75) is 77.6 Å². The fraction of sp³-hybridized carbons (Fsp3) is 0.553. The lowest BCUT2D eigenvalue weighted by atomic mass is 9.86. The van der Waals surface area contributed by atoms with Gasteiger partial charge in [0.25, 0.3) is 0 Å². The molecule has 6 rings (SSSR count). The lowest BCUT2D eigenvalue weighted by Gasteiger charge is -2.43. The normalized spacial score (nSPS) is 22.9. The second kappa shape index (κ2) is 14.8. The number of nitrogens with zero attached hydrogens (tertiary/aromatic N) is 5. The number of fused-ring (bicyclic) bond motifs is 1. The van der Waals surface area contributed by atoms with Gasteiger partial charge in [0.1, 0.15) is 17.7 Å². The Bertz CT molecular complexity index is 1710. The van der Waals surface area contributed by atoms with E-state index in [1.807, 2.05) is 32.2 Å². The van der Waals surface area contributed by atoms with Crippen LogP contribution in [0.25, 0.3) is 10.9 Å². The Labute approximate surface area is 294 Å². The number of likely N-dealkylation sites (tertiary alicyclic amines) is 2. The molecule has 3 saturated heterocycles. The maximum atomic E-state index is 15.0. The average Bonchev–Trinajstić information content (AvgIpc) is 3.70.